The molecule has 0 amide bonds. The normalized spacial score (nSPS) is 12.7. The van der Waals surface area contributed by atoms with E-state index in [0.29, 0.717) is 0 Å². The third kappa shape index (κ3) is 5.37. The Kier molecular flexibility index (Phi) is 3.53. The van der Waals surface area contributed by atoms with E-state index in [2.05, 4.69) is 4.74 Å². The van der Waals surface area contributed by atoms with E-state index in [1.807, 2.05) is 0 Å². The average molecular weight is 215 g/mol. The molecule has 72 valence electrons. The largest absolute Gasteiger partial charge is 0.447 e. The number of carbonyl (C=O) groups is 1. The molecule has 0 aromatic carbocycles. The number of rotatable bonds is 2. The number of halogens is 1. The first-order valence-electron chi connectivity index (χ1n) is 3.22. The van der Waals surface area contributed by atoms with Gasteiger partial charge in [-0.05, 0) is 20.8 Å². The Morgan fingerprint density at radius 3 is 2.08 bits per heavy atom. The van der Waals surface area contributed by atoms with Crippen LogP contribution in [0.15, 0.2) is 0 Å². The Hall–Kier alpha value is -0.290. The summed E-state index contributed by atoms with van der Waals surface area (Å²) in [4.78, 5) is 11.0. The van der Waals surface area contributed by atoms with Gasteiger partial charge in [-0.25, -0.2) is 8.42 Å². The van der Waals surface area contributed by atoms with E-state index < -0.39 is 26.4 Å². The summed E-state index contributed by atoms with van der Waals surface area (Å²) in [7, 11) is 1.07. The molecule has 0 aliphatic heterocycles. The third-order valence-corrected chi connectivity index (χ3v) is 1.61. The second-order valence-corrected chi connectivity index (χ2v) is 6.06. The second kappa shape index (κ2) is 3.62. The van der Waals surface area contributed by atoms with Crippen molar-refractivity contribution in [2.75, 3.05) is 5.94 Å². The zero-order valence-electron chi connectivity index (χ0n) is 7.13. The highest BCUT2D eigenvalue weighted by Crippen LogP contribution is 2.15. The Morgan fingerprint density at radius 2 is 1.83 bits per heavy atom. The molecular formula is C6H11ClO4S. The van der Waals surface area contributed by atoms with Crippen LogP contribution in [0, 0.1) is 5.41 Å². The zero-order chi connectivity index (χ0) is 9.99. The van der Waals surface area contributed by atoms with Crippen LogP contribution < -0.4 is 0 Å². The summed E-state index contributed by atoms with van der Waals surface area (Å²) >= 11 is 0. The topological polar surface area (TPSA) is 60.4 Å². The van der Waals surface area contributed by atoms with E-state index in [4.69, 9.17) is 10.7 Å². The molecular weight excluding hydrogens is 204 g/mol. The van der Waals surface area contributed by atoms with Crippen molar-refractivity contribution in [1.82, 2.24) is 0 Å². The summed E-state index contributed by atoms with van der Waals surface area (Å²) < 4.78 is 25.1. The molecule has 0 saturated heterocycles. The molecule has 0 unspecified atom stereocenters. The molecule has 6 heteroatoms. The fourth-order valence-corrected chi connectivity index (χ4v) is 0.722. The molecule has 0 aliphatic rings. The van der Waals surface area contributed by atoms with Crippen LogP contribution in [0.3, 0.4) is 0 Å². The first-order valence-corrected chi connectivity index (χ1v) is 5.70. The van der Waals surface area contributed by atoms with Crippen molar-refractivity contribution in [2.24, 2.45) is 5.41 Å². The lowest BCUT2D eigenvalue weighted by atomic mass is 9.98. The molecule has 0 radical (unpaired) electrons. The molecule has 0 heterocycles. The fraction of sp³-hybridized carbons (Fsp3) is 0.833. The maximum absolute atomic E-state index is 11.0. The molecule has 0 fully saturated rings. The Bertz CT molecular complexity index is 262. The van der Waals surface area contributed by atoms with E-state index in [-0.39, 0.29) is 0 Å². The quantitative estimate of drug-likeness (QED) is 0.510. The summed E-state index contributed by atoms with van der Waals surface area (Å²) in [6.07, 6.45) is 0. The molecule has 0 bridgehead atoms. The van der Waals surface area contributed by atoms with Gasteiger partial charge < -0.3 is 4.74 Å². The van der Waals surface area contributed by atoms with E-state index >= 15 is 0 Å². The van der Waals surface area contributed by atoms with Crippen LogP contribution in [0.5, 0.6) is 0 Å². The first kappa shape index (κ1) is 11.7. The molecule has 0 rings (SSSR count). The highest BCUT2D eigenvalue weighted by atomic mass is 35.7. The number of hydrogen-bond acceptors (Lipinski definition) is 4. The lowest BCUT2D eigenvalue weighted by Gasteiger charge is -2.15. The summed E-state index contributed by atoms with van der Waals surface area (Å²) in [5.41, 5.74) is -0.707. The fourth-order valence-electron chi connectivity index (χ4n) is 0.340. The van der Waals surface area contributed by atoms with E-state index in [1.165, 1.54) is 0 Å². The van der Waals surface area contributed by atoms with Gasteiger partial charge in [0.05, 0.1) is 5.41 Å². The minimum absolute atomic E-state index is 0.591. The molecule has 0 spiro atoms. The van der Waals surface area contributed by atoms with Gasteiger partial charge in [0.25, 0.3) is 9.05 Å². The maximum Gasteiger partial charge on any atom is 0.312 e. The van der Waals surface area contributed by atoms with Crippen LogP contribution in [-0.2, 0) is 18.6 Å². The molecule has 0 saturated carbocycles. The lowest BCUT2D eigenvalue weighted by Crippen LogP contribution is -2.24. The zero-order valence-corrected chi connectivity index (χ0v) is 8.70. The SMILES string of the molecule is CC(C)(C)C(=O)OCS(=O)(=O)Cl. The van der Waals surface area contributed by atoms with Gasteiger partial charge in [-0.3, -0.25) is 4.79 Å². The van der Waals surface area contributed by atoms with Crippen LogP contribution in [0.25, 0.3) is 0 Å². The Balaban J connectivity index is 4.07. The smallest absolute Gasteiger partial charge is 0.312 e. The minimum Gasteiger partial charge on any atom is -0.447 e. The molecule has 0 aromatic rings. The van der Waals surface area contributed by atoms with Gasteiger partial charge >= 0.3 is 5.97 Å². The van der Waals surface area contributed by atoms with Crippen molar-refractivity contribution in [3.63, 3.8) is 0 Å². The summed E-state index contributed by atoms with van der Waals surface area (Å²) in [6.45, 7) is 4.86. The minimum atomic E-state index is -3.75. The summed E-state index contributed by atoms with van der Waals surface area (Å²) in [5.74, 6) is -1.36. The van der Waals surface area contributed by atoms with Crippen molar-refractivity contribution < 1.29 is 17.9 Å². The first-order chi connectivity index (χ1) is 5.13. The molecule has 0 aliphatic carbocycles. The number of carbonyl (C=O) groups excluding carboxylic acids is 1. The van der Waals surface area contributed by atoms with E-state index in [0.717, 1.165) is 0 Å². The summed E-state index contributed by atoms with van der Waals surface area (Å²) in [6, 6.07) is 0. The molecule has 4 nitrogen and oxygen atoms in total. The van der Waals surface area contributed by atoms with Crippen LogP contribution >= 0.6 is 10.7 Å². The molecule has 0 atom stereocenters. The standard InChI is InChI=1S/C6H11ClO4S/c1-6(2,3)5(8)11-4-12(7,9)10/h4H2,1-3H3. The van der Waals surface area contributed by atoms with Gasteiger partial charge in [-0.1, -0.05) is 0 Å². The number of hydrogen-bond donors (Lipinski definition) is 0. The van der Waals surface area contributed by atoms with Crippen LogP contribution in [0.2, 0.25) is 0 Å². The van der Waals surface area contributed by atoms with Gasteiger partial charge in [-0.2, -0.15) is 0 Å². The van der Waals surface area contributed by atoms with E-state index in [1.54, 1.807) is 20.8 Å². The van der Waals surface area contributed by atoms with Crippen molar-refractivity contribution in [3.8, 4) is 0 Å². The highest BCUT2D eigenvalue weighted by Gasteiger charge is 2.24. The molecule has 12 heavy (non-hydrogen) atoms. The van der Waals surface area contributed by atoms with Gasteiger partial charge in [0.15, 0.2) is 0 Å². The second-order valence-electron chi connectivity index (χ2n) is 3.34. The van der Waals surface area contributed by atoms with Crippen LogP contribution in [-0.4, -0.2) is 20.3 Å². The maximum atomic E-state index is 11.0. The average Bonchev–Trinajstić information content (AvgIpc) is 1.78. The van der Waals surface area contributed by atoms with Crippen LogP contribution in [0.4, 0.5) is 0 Å². The molecule has 0 aromatic heterocycles. The highest BCUT2D eigenvalue weighted by molar-refractivity contribution is 8.13. The van der Waals surface area contributed by atoms with Crippen molar-refractivity contribution >= 4 is 25.7 Å². The van der Waals surface area contributed by atoms with Crippen molar-refractivity contribution in [3.05, 3.63) is 0 Å². The Labute approximate surface area is 76.3 Å². The van der Waals surface area contributed by atoms with Gasteiger partial charge in [0.1, 0.15) is 0 Å². The van der Waals surface area contributed by atoms with Crippen molar-refractivity contribution in [2.45, 2.75) is 20.8 Å². The Morgan fingerprint density at radius 1 is 1.42 bits per heavy atom. The predicted molar refractivity (Wildman–Crippen MR) is 45.2 cm³/mol. The van der Waals surface area contributed by atoms with Crippen LogP contribution in [0.1, 0.15) is 20.8 Å². The van der Waals surface area contributed by atoms with Gasteiger partial charge in [0, 0.05) is 10.7 Å². The van der Waals surface area contributed by atoms with E-state index in [9.17, 15) is 13.2 Å². The van der Waals surface area contributed by atoms with Gasteiger partial charge in [-0.15, -0.1) is 0 Å². The monoisotopic (exact) mass is 214 g/mol. The van der Waals surface area contributed by atoms with Gasteiger partial charge in [0.2, 0.25) is 5.94 Å². The third-order valence-electron chi connectivity index (χ3n) is 0.943. The number of esters is 1. The van der Waals surface area contributed by atoms with Crippen molar-refractivity contribution in [1.29, 1.82) is 0 Å². The lowest BCUT2D eigenvalue weighted by molar-refractivity contribution is -0.150. The summed E-state index contributed by atoms with van der Waals surface area (Å²) in [5, 5.41) is 0. The predicted octanol–water partition coefficient (Wildman–Crippen LogP) is 1.10. The number of ether oxygens (including phenoxy) is 1. The molecule has 0 N–H and O–H groups in total.